The molecule has 0 aliphatic carbocycles. The molecule has 1 rings (SSSR count). The first-order chi connectivity index (χ1) is 4.43. The fourth-order valence-electron chi connectivity index (χ4n) is 0.396. The van der Waals surface area contributed by atoms with Gasteiger partial charge in [0, 0.05) is 12.4 Å². The summed E-state index contributed by atoms with van der Waals surface area (Å²) in [6, 6.07) is 0. The average Bonchev–Trinajstić information content (AvgIpc) is 1.91. The molecule has 10 heavy (non-hydrogen) atoms. The van der Waals surface area contributed by atoms with E-state index in [9.17, 15) is 4.79 Å². The Kier molecular flexibility index (Phi) is 4.39. The first-order valence-electron chi connectivity index (χ1n) is 2.30. The minimum Gasteiger partial charge on any atom is -0.408 e. The zero-order valence-corrected chi connectivity index (χ0v) is 6.64. The molecule has 4 nitrogen and oxygen atoms in total. The van der Waals surface area contributed by atoms with Gasteiger partial charge in [0.25, 0.3) is 6.47 Å². The van der Waals surface area contributed by atoms with E-state index in [2.05, 4.69) is 14.7 Å². The molecule has 0 spiro atoms. The summed E-state index contributed by atoms with van der Waals surface area (Å²) < 4.78 is 4.35. The normalized spacial score (nSPS) is 7.60. The van der Waals surface area contributed by atoms with E-state index in [1.807, 2.05) is 0 Å². The molecule has 0 unspecified atom stereocenters. The predicted molar refractivity (Wildman–Crippen MR) is 39.0 cm³/mol. The molecular formula is C5H5BrN2O2. The van der Waals surface area contributed by atoms with E-state index in [1.165, 1.54) is 18.6 Å². The highest BCUT2D eigenvalue weighted by atomic mass is 79.9. The predicted octanol–water partition coefficient (Wildman–Crippen LogP) is 0.590. The average molecular weight is 205 g/mol. The van der Waals surface area contributed by atoms with E-state index in [0.717, 1.165) is 0 Å². The Morgan fingerprint density at radius 2 is 2.30 bits per heavy atom. The van der Waals surface area contributed by atoms with E-state index >= 15 is 0 Å². The zero-order chi connectivity index (χ0) is 6.53. The molecule has 0 atom stereocenters. The number of carbonyl (C=O) groups excluding carboxylic acids is 1. The Balaban J connectivity index is 0.000000810. The standard InChI is InChI=1S/C5H4N2O2.BrH/c8-4-9-5-3-6-1-2-7-5;/h1-4H;1H. The summed E-state index contributed by atoms with van der Waals surface area (Å²) in [4.78, 5) is 17.0. The van der Waals surface area contributed by atoms with Crippen LogP contribution in [0, 0.1) is 0 Å². The Bertz CT molecular complexity index is 192. The summed E-state index contributed by atoms with van der Waals surface area (Å²) in [6.07, 6.45) is 4.30. The van der Waals surface area contributed by atoms with E-state index in [-0.39, 0.29) is 22.9 Å². The lowest BCUT2D eigenvalue weighted by Gasteiger charge is -1.90. The summed E-state index contributed by atoms with van der Waals surface area (Å²) in [6.45, 7) is 0.310. The molecule has 0 aliphatic heterocycles. The molecule has 5 heteroatoms. The van der Waals surface area contributed by atoms with Crippen molar-refractivity contribution < 1.29 is 9.53 Å². The molecule has 0 aromatic carbocycles. The number of nitrogens with zero attached hydrogens (tertiary/aromatic N) is 2. The molecule has 0 amide bonds. The summed E-state index contributed by atoms with van der Waals surface area (Å²) in [7, 11) is 0. The van der Waals surface area contributed by atoms with Crippen molar-refractivity contribution in [3.63, 3.8) is 0 Å². The maximum Gasteiger partial charge on any atom is 0.299 e. The lowest BCUT2D eigenvalue weighted by atomic mass is 10.7. The minimum absolute atomic E-state index is 0. The van der Waals surface area contributed by atoms with Gasteiger partial charge in [-0.25, -0.2) is 4.98 Å². The van der Waals surface area contributed by atoms with Crippen molar-refractivity contribution in [1.82, 2.24) is 9.97 Å². The van der Waals surface area contributed by atoms with Gasteiger partial charge < -0.3 is 4.74 Å². The Morgan fingerprint density at radius 1 is 1.50 bits per heavy atom. The van der Waals surface area contributed by atoms with Crippen LogP contribution >= 0.6 is 17.0 Å². The van der Waals surface area contributed by atoms with Crippen molar-refractivity contribution in [2.45, 2.75) is 0 Å². The highest BCUT2D eigenvalue weighted by Crippen LogP contribution is 1.97. The van der Waals surface area contributed by atoms with Crippen molar-refractivity contribution in [3.8, 4) is 5.88 Å². The van der Waals surface area contributed by atoms with Crippen LogP contribution in [0.4, 0.5) is 0 Å². The second-order valence-corrected chi connectivity index (χ2v) is 1.26. The molecule has 0 fully saturated rings. The molecule has 54 valence electrons. The molecular weight excluding hydrogens is 200 g/mol. The van der Waals surface area contributed by atoms with Crippen molar-refractivity contribution >= 4 is 23.5 Å². The van der Waals surface area contributed by atoms with E-state index < -0.39 is 0 Å². The number of hydrogen-bond donors (Lipinski definition) is 0. The Labute approximate surface area is 68.0 Å². The maximum absolute atomic E-state index is 9.68. The van der Waals surface area contributed by atoms with Crippen LogP contribution in [-0.2, 0) is 4.79 Å². The molecule has 0 radical (unpaired) electrons. The van der Waals surface area contributed by atoms with Crippen LogP contribution in [-0.4, -0.2) is 16.4 Å². The summed E-state index contributed by atoms with van der Waals surface area (Å²) >= 11 is 0. The van der Waals surface area contributed by atoms with Crippen molar-refractivity contribution in [2.75, 3.05) is 0 Å². The second-order valence-electron chi connectivity index (χ2n) is 1.26. The van der Waals surface area contributed by atoms with Crippen molar-refractivity contribution in [3.05, 3.63) is 18.6 Å². The van der Waals surface area contributed by atoms with Crippen LogP contribution in [0.2, 0.25) is 0 Å². The summed E-state index contributed by atoms with van der Waals surface area (Å²) in [5.74, 6) is 0.215. The molecule has 0 aliphatic rings. The van der Waals surface area contributed by atoms with Gasteiger partial charge in [-0.05, 0) is 0 Å². The fourth-order valence-corrected chi connectivity index (χ4v) is 0.396. The summed E-state index contributed by atoms with van der Waals surface area (Å²) in [5.41, 5.74) is 0. The lowest BCUT2D eigenvalue weighted by molar-refractivity contribution is -0.120. The topological polar surface area (TPSA) is 52.1 Å². The number of ether oxygens (including phenoxy) is 1. The van der Waals surface area contributed by atoms with Crippen molar-refractivity contribution in [2.24, 2.45) is 0 Å². The van der Waals surface area contributed by atoms with Crippen LogP contribution in [0.3, 0.4) is 0 Å². The van der Waals surface area contributed by atoms with Crippen LogP contribution in [0.25, 0.3) is 0 Å². The van der Waals surface area contributed by atoms with Crippen molar-refractivity contribution in [1.29, 1.82) is 0 Å². The zero-order valence-electron chi connectivity index (χ0n) is 4.93. The summed E-state index contributed by atoms with van der Waals surface area (Å²) in [5, 5.41) is 0. The third-order valence-electron chi connectivity index (χ3n) is 0.708. The first kappa shape index (κ1) is 9.03. The Morgan fingerprint density at radius 3 is 2.80 bits per heavy atom. The van der Waals surface area contributed by atoms with E-state index in [1.54, 1.807) is 0 Å². The second kappa shape index (κ2) is 4.87. The molecule has 0 N–H and O–H groups in total. The molecule has 1 heterocycles. The van der Waals surface area contributed by atoms with E-state index in [0.29, 0.717) is 6.47 Å². The third kappa shape index (κ3) is 2.54. The molecule has 0 saturated heterocycles. The van der Waals surface area contributed by atoms with E-state index in [4.69, 9.17) is 0 Å². The fraction of sp³-hybridized carbons (Fsp3) is 0. The minimum atomic E-state index is 0. The van der Waals surface area contributed by atoms with Crippen LogP contribution in [0.15, 0.2) is 18.6 Å². The third-order valence-corrected chi connectivity index (χ3v) is 0.708. The first-order valence-corrected chi connectivity index (χ1v) is 2.30. The van der Waals surface area contributed by atoms with Crippen LogP contribution in [0.1, 0.15) is 0 Å². The maximum atomic E-state index is 9.68. The molecule has 1 aromatic rings. The Hall–Kier alpha value is -0.970. The van der Waals surface area contributed by atoms with Crippen LogP contribution in [0.5, 0.6) is 5.88 Å². The monoisotopic (exact) mass is 204 g/mol. The largest absolute Gasteiger partial charge is 0.408 e. The van der Waals surface area contributed by atoms with Gasteiger partial charge in [0.05, 0.1) is 6.20 Å². The number of rotatable bonds is 2. The van der Waals surface area contributed by atoms with Gasteiger partial charge in [-0.15, -0.1) is 17.0 Å². The SMILES string of the molecule is Br.O=COc1cnccn1. The van der Waals surface area contributed by atoms with Gasteiger partial charge in [-0.1, -0.05) is 0 Å². The number of aromatic nitrogens is 2. The number of carbonyl (C=O) groups is 1. The molecule has 0 saturated carbocycles. The lowest BCUT2D eigenvalue weighted by Crippen LogP contribution is -1.90. The van der Waals surface area contributed by atoms with Crippen LogP contribution < -0.4 is 4.74 Å². The quantitative estimate of drug-likeness (QED) is 0.663. The van der Waals surface area contributed by atoms with Gasteiger partial charge in [0.15, 0.2) is 0 Å². The highest BCUT2D eigenvalue weighted by molar-refractivity contribution is 8.93. The van der Waals surface area contributed by atoms with Gasteiger partial charge in [-0.2, -0.15) is 0 Å². The smallest absolute Gasteiger partial charge is 0.299 e. The van der Waals surface area contributed by atoms with Gasteiger partial charge in [-0.3, -0.25) is 9.78 Å². The molecule has 0 bridgehead atoms. The highest BCUT2D eigenvalue weighted by Gasteiger charge is 1.87. The number of halogens is 1. The van der Waals surface area contributed by atoms with Gasteiger partial charge >= 0.3 is 0 Å². The number of hydrogen-bond acceptors (Lipinski definition) is 4. The van der Waals surface area contributed by atoms with Gasteiger partial charge in [0.1, 0.15) is 0 Å². The van der Waals surface area contributed by atoms with Gasteiger partial charge in [0.2, 0.25) is 5.88 Å². The molecule has 1 aromatic heterocycles.